The Morgan fingerprint density at radius 1 is 1.47 bits per heavy atom. The highest BCUT2D eigenvalue weighted by molar-refractivity contribution is 6.32. The monoisotopic (exact) mass is 279 g/mol. The molecule has 0 aliphatic heterocycles. The maximum Gasteiger partial charge on any atom is 0.170 e. The van der Waals surface area contributed by atoms with E-state index >= 15 is 0 Å². The summed E-state index contributed by atoms with van der Waals surface area (Å²) in [7, 11) is 1.58. The van der Waals surface area contributed by atoms with Crippen LogP contribution in [-0.2, 0) is 6.54 Å². The first kappa shape index (κ1) is 12.4. The molecular formula is C12H14ClN5O. The highest BCUT2D eigenvalue weighted by atomic mass is 35.5. The first-order chi connectivity index (χ1) is 9.28. The van der Waals surface area contributed by atoms with Crippen molar-refractivity contribution >= 4 is 11.6 Å². The molecule has 0 amide bonds. The van der Waals surface area contributed by atoms with E-state index in [0.29, 0.717) is 23.4 Å². The maximum absolute atomic E-state index is 6.01. The zero-order chi connectivity index (χ0) is 13.2. The van der Waals surface area contributed by atoms with E-state index in [4.69, 9.17) is 16.3 Å². The van der Waals surface area contributed by atoms with Crippen LogP contribution in [0.1, 0.15) is 18.7 Å². The molecule has 0 bridgehead atoms. The van der Waals surface area contributed by atoms with Crippen LogP contribution >= 0.6 is 11.6 Å². The Morgan fingerprint density at radius 3 is 3.05 bits per heavy atom. The number of methoxy groups -OCH3 is 1. The summed E-state index contributed by atoms with van der Waals surface area (Å²) in [5.41, 5.74) is 0.832. The summed E-state index contributed by atoms with van der Waals surface area (Å²) in [5, 5.41) is 15.7. The fourth-order valence-corrected chi connectivity index (χ4v) is 2.01. The molecule has 1 aliphatic carbocycles. The quantitative estimate of drug-likeness (QED) is 0.900. The lowest BCUT2D eigenvalue weighted by Gasteiger charge is -2.08. The van der Waals surface area contributed by atoms with E-state index in [1.807, 2.05) is 12.1 Å². The van der Waals surface area contributed by atoms with Crippen LogP contribution in [0.2, 0.25) is 5.02 Å². The van der Waals surface area contributed by atoms with Gasteiger partial charge < -0.3 is 10.1 Å². The molecule has 0 spiro atoms. The van der Waals surface area contributed by atoms with Gasteiger partial charge in [0.1, 0.15) is 5.75 Å². The second kappa shape index (κ2) is 5.14. The Hall–Kier alpha value is -1.66. The summed E-state index contributed by atoms with van der Waals surface area (Å²) >= 11 is 6.01. The predicted octanol–water partition coefficient (Wildman–Crippen LogP) is 1.58. The fraction of sp³-hybridized carbons (Fsp3) is 0.417. The van der Waals surface area contributed by atoms with E-state index in [0.717, 1.165) is 11.5 Å². The molecular weight excluding hydrogens is 266 g/mol. The average Bonchev–Trinajstić information content (AvgIpc) is 3.14. The molecule has 0 unspecified atom stereocenters. The number of tetrazole rings is 1. The molecule has 1 aliphatic rings. The second-order valence-electron chi connectivity index (χ2n) is 4.48. The van der Waals surface area contributed by atoms with Gasteiger partial charge in [0.25, 0.3) is 0 Å². The summed E-state index contributed by atoms with van der Waals surface area (Å²) in [6, 6.07) is 6.07. The van der Waals surface area contributed by atoms with Gasteiger partial charge in [-0.1, -0.05) is 11.6 Å². The Kier molecular flexibility index (Phi) is 3.35. The van der Waals surface area contributed by atoms with Gasteiger partial charge in [-0.05, 0) is 35.4 Å². The highest BCUT2D eigenvalue weighted by Gasteiger charge is 2.21. The van der Waals surface area contributed by atoms with Gasteiger partial charge in [-0.25, -0.2) is 0 Å². The number of rotatable bonds is 5. The number of nitrogens with zero attached hydrogens (tertiary/aromatic N) is 4. The summed E-state index contributed by atoms with van der Waals surface area (Å²) in [6.07, 6.45) is 2.46. The fourth-order valence-electron chi connectivity index (χ4n) is 1.82. The van der Waals surface area contributed by atoms with Crippen molar-refractivity contribution < 1.29 is 4.74 Å². The molecule has 1 aromatic heterocycles. The molecule has 1 aromatic carbocycles. The van der Waals surface area contributed by atoms with Crippen molar-refractivity contribution in [3.63, 3.8) is 0 Å². The molecule has 2 aromatic rings. The first-order valence-corrected chi connectivity index (χ1v) is 6.50. The molecule has 0 atom stereocenters. The SMILES string of the molecule is COc1cc(-n2nnnc2CNC2CC2)ccc1Cl. The highest BCUT2D eigenvalue weighted by Crippen LogP contribution is 2.26. The normalized spacial score (nSPS) is 14.6. The number of ether oxygens (including phenoxy) is 1. The van der Waals surface area contributed by atoms with Crippen LogP contribution in [-0.4, -0.2) is 33.4 Å². The van der Waals surface area contributed by atoms with Crippen molar-refractivity contribution in [2.45, 2.75) is 25.4 Å². The second-order valence-corrected chi connectivity index (χ2v) is 4.89. The van der Waals surface area contributed by atoms with Gasteiger partial charge in [0.2, 0.25) is 0 Å². The van der Waals surface area contributed by atoms with Crippen molar-refractivity contribution in [2.75, 3.05) is 7.11 Å². The molecule has 1 fully saturated rings. The number of benzene rings is 1. The van der Waals surface area contributed by atoms with Gasteiger partial charge in [-0.3, -0.25) is 0 Å². The molecule has 3 rings (SSSR count). The van der Waals surface area contributed by atoms with Gasteiger partial charge >= 0.3 is 0 Å². The largest absolute Gasteiger partial charge is 0.495 e. The molecule has 1 heterocycles. The maximum atomic E-state index is 6.01. The van der Waals surface area contributed by atoms with Crippen LogP contribution in [0, 0.1) is 0 Å². The molecule has 1 saturated carbocycles. The number of hydrogen-bond acceptors (Lipinski definition) is 5. The minimum absolute atomic E-state index is 0.567. The van der Waals surface area contributed by atoms with Crippen LogP contribution in [0.5, 0.6) is 5.75 Å². The Balaban J connectivity index is 1.86. The first-order valence-electron chi connectivity index (χ1n) is 6.12. The summed E-state index contributed by atoms with van der Waals surface area (Å²) in [4.78, 5) is 0. The number of halogens is 1. The van der Waals surface area contributed by atoms with Crippen LogP contribution in [0.4, 0.5) is 0 Å². The summed E-state index contributed by atoms with van der Waals surface area (Å²) in [6.45, 7) is 0.655. The zero-order valence-corrected chi connectivity index (χ0v) is 11.3. The molecule has 0 radical (unpaired) electrons. The van der Waals surface area contributed by atoms with Gasteiger partial charge in [-0.15, -0.1) is 5.10 Å². The molecule has 6 nitrogen and oxygen atoms in total. The summed E-state index contributed by atoms with van der Waals surface area (Å²) in [5.74, 6) is 1.38. The lowest BCUT2D eigenvalue weighted by atomic mass is 10.3. The minimum atomic E-state index is 0.567. The molecule has 19 heavy (non-hydrogen) atoms. The smallest absolute Gasteiger partial charge is 0.170 e. The van der Waals surface area contributed by atoms with Gasteiger partial charge in [-0.2, -0.15) is 4.68 Å². The minimum Gasteiger partial charge on any atom is -0.495 e. The van der Waals surface area contributed by atoms with Crippen LogP contribution in [0.3, 0.4) is 0 Å². The predicted molar refractivity (Wildman–Crippen MR) is 70.6 cm³/mol. The zero-order valence-electron chi connectivity index (χ0n) is 10.5. The van der Waals surface area contributed by atoms with Crippen LogP contribution in [0.15, 0.2) is 18.2 Å². The van der Waals surface area contributed by atoms with Crippen molar-refractivity contribution in [3.05, 3.63) is 29.0 Å². The van der Waals surface area contributed by atoms with Crippen molar-refractivity contribution in [1.82, 2.24) is 25.5 Å². The third-order valence-corrected chi connectivity index (χ3v) is 3.35. The van der Waals surface area contributed by atoms with Gasteiger partial charge in [0.05, 0.1) is 24.4 Å². The molecule has 1 N–H and O–H groups in total. The lowest BCUT2D eigenvalue weighted by molar-refractivity contribution is 0.414. The van der Waals surface area contributed by atoms with E-state index in [1.54, 1.807) is 17.9 Å². The van der Waals surface area contributed by atoms with Crippen molar-refractivity contribution in [2.24, 2.45) is 0 Å². The third kappa shape index (κ3) is 2.69. The third-order valence-electron chi connectivity index (χ3n) is 3.04. The topological polar surface area (TPSA) is 64.9 Å². The van der Waals surface area contributed by atoms with Gasteiger partial charge in [0, 0.05) is 12.1 Å². The molecule has 0 saturated heterocycles. The van der Waals surface area contributed by atoms with Crippen LogP contribution in [0.25, 0.3) is 5.69 Å². The number of nitrogens with one attached hydrogen (secondary N) is 1. The summed E-state index contributed by atoms with van der Waals surface area (Å²) < 4.78 is 6.89. The van der Waals surface area contributed by atoms with Crippen LogP contribution < -0.4 is 10.1 Å². The standard InChI is InChI=1S/C12H14ClN5O/c1-19-11-6-9(4-5-10(11)13)18-12(15-16-17-18)7-14-8-2-3-8/h4-6,8,14H,2-3,7H2,1H3. The van der Waals surface area contributed by atoms with E-state index in [2.05, 4.69) is 20.8 Å². The lowest BCUT2D eigenvalue weighted by Crippen LogP contribution is -2.18. The molecule has 100 valence electrons. The molecule has 7 heteroatoms. The number of hydrogen-bond donors (Lipinski definition) is 1. The van der Waals surface area contributed by atoms with Crippen molar-refractivity contribution in [1.29, 1.82) is 0 Å². The van der Waals surface area contributed by atoms with E-state index < -0.39 is 0 Å². The number of aromatic nitrogens is 4. The van der Waals surface area contributed by atoms with E-state index in [-0.39, 0.29) is 0 Å². The average molecular weight is 280 g/mol. The van der Waals surface area contributed by atoms with E-state index in [1.165, 1.54) is 12.8 Å². The Morgan fingerprint density at radius 2 is 2.32 bits per heavy atom. The van der Waals surface area contributed by atoms with Gasteiger partial charge in [0.15, 0.2) is 5.82 Å². The Bertz CT molecular complexity index is 581. The van der Waals surface area contributed by atoms with Crippen molar-refractivity contribution in [3.8, 4) is 11.4 Å². The van der Waals surface area contributed by atoms with E-state index in [9.17, 15) is 0 Å². The Labute approximate surface area is 115 Å².